The summed E-state index contributed by atoms with van der Waals surface area (Å²) in [4.78, 5) is 22.5. The quantitative estimate of drug-likeness (QED) is 0.402. The van der Waals surface area contributed by atoms with E-state index in [1.807, 2.05) is 43.6 Å². The van der Waals surface area contributed by atoms with Crippen LogP contribution in [0.4, 0.5) is 10.2 Å². The predicted molar refractivity (Wildman–Crippen MR) is 107 cm³/mol. The maximum absolute atomic E-state index is 14.0. The van der Waals surface area contributed by atoms with Crippen LogP contribution in [0.15, 0.2) is 30.6 Å². The molecule has 0 amide bonds. The molecule has 0 saturated heterocycles. The van der Waals surface area contributed by atoms with Crippen molar-refractivity contribution in [1.29, 1.82) is 5.26 Å². The number of fused-ring (bicyclic) bond motifs is 3. The van der Waals surface area contributed by atoms with Crippen molar-refractivity contribution in [3.8, 4) is 17.3 Å². The van der Waals surface area contributed by atoms with E-state index in [0.29, 0.717) is 22.7 Å². The van der Waals surface area contributed by atoms with Crippen LogP contribution < -0.4 is 4.81 Å². The number of carbonyl (C=O) groups excluding carboxylic acids is 1. The van der Waals surface area contributed by atoms with Gasteiger partial charge in [-0.15, -0.1) is 0 Å². The van der Waals surface area contributed by atoms with Gasteiger partial charge < -0.3 is 18.7 Å². The van der Waals surface area contributed by atoms with Crippen LogP contribution in [0.25, 0.3) is 33.3 Å². The Bertz CT molecular complexity index is 1280. The second-order valence-electron chi connectivity index (χ2n) is 6.77. The molecule has 4 aromatic rings. The molecule has 0 saturated carbocycles. The highest BCUT2D eigenvalue weighted by atomic mass is 19.1. The third-order valence-electron chi connectivity index (χ3n) is 4.69. The van der Waals surface area contributed by atoms with Gasteiger partial charge in [-0.2, -0.15) is 5.26 Å². The second kappa shape index (κ2) is 6.49. The minimum Gasteiger partial charge on any atom is -0.408 e. The molecule has 0 aliphatic heterocycles. The number of aryl methyl sites for hydroxylation is 1. The van der Waals surface area contributed by atoms with E-state index in [2.05, 4.69) is 4.98 Å². The van der Waals surface area contributed by atoms with E-state index in [9.17, 15) is 14.4 Å². The topological polar surface area (TPSA) is 79.7 Å². The Kier molecular flexibility index (Phi) is 4.11. The van der Waals surface area contributed by atoms with Crippen LogP contribution in [0, 0.1) is 17.1 Å². The Labute approximate surface area is 161 Å². The fourth-order valence-corrected chi connectivity index (χ4v) is 3.51. The Balaban J connectivity index is 2.14. The summed E-state index contributed by atoms with van der Waals surface area (Å²) in [6.45, 7) is 0.0560. The number of benzene rings is 1. The van der Waals surface area contributed by atoms with Crippen molar-refractivity contribution < 1.29 is 9.18 Å². The van der Waals surface area contributed by atoms with Crippen LogP contribution >= 0.6 is 0 Å². The summed E-state index contributed by atoms with van der Waals surface area (Å²) in [7, 11) is 5.64. The van der Waals surface area contributed by atoms with Gasteiger partial charge in [0, 0.05) is 18.0 Å². The minimum atomic E-state index is -0.510. The lowest BCUT2D eigenvalue weighted by molar-refractivity contribution is -0.108. The number of halogens is 1. The van der Waals surface area contributed by atoms with Crippen molar-refractivity contribution in [3.05, 3.63) is 42.0 Å². The lowest BCUT2D eigenvalue weighted by Gasteiger charge is -2.14. The van der Waals surface area contributed by atoms with Gasteiger partial charge in [0.1, 0.15) is 29.1 Å². The first kappa shape index (κ1) is 17.7. The number of anilines is 1. The SMILES string of the molecule is BN(C)c1nc2c(cc(-c3cc(F)cc(C#N)c3)n2CC=O)c2c1ncn2C. The van der Waals surface area contributed by atoms with Gasteiger partial charge in [0.25, 0.3) is 0 Å². The van der Waals surface area contributed by atoms with E-state index in [4.69, 9.17) is 4.98 Å². The molecule has 1 aromatic carbocycles. The molecule has 0 radical (unpaired) electrons. The molecule has 4 rings (SSSR count). The standard InChI is InChI=1S/C19H16BFN6O/c1-25-10-23-16-17(25)14-8-15(12-5-11(9-22)6-13(21)7-12)27(3-4-28)18(14)24-19(16)26(2)20/h4-8,10H,3,20H2,1-2H3. The first-order valence-electron chi connectivity index (χ1n) is 8.61. The van der Waals surface area contributed by atoms with E-state index in [1.165, 1.54) is 12.1 Å². The van der Waals surface area contributed by atoms with Crippen molar-refractivity contribution in [3.63, 3.8) is 0 Å². The molecule has 0 unspecified atom stereocenters. The highest BCUT2D eigenvalue weighted by molar-refractivity contribution is 6.20. The van der Waals surface area contributed by atoms with Crippen LogP contribution in [-0.2, 0) is 18.4 Å². The molecule has 7 nitrogen and oxygen atoms in total. The molecule has 28 heavy (non-hydrogen) atoms. The number of nitrogens with zero attached hydrogens (tertiary/aromatic N) is 6. The van der Waals surface area contributed by atoms with Crippen LogP contribution in [-0.4, -0.2) is 40.4 Å². The molecule has 0 aliphatic carbocycles. The van der Waals surface area contributed by atoms with Crippen LogP contribution in [0.1, 0.15) is 5.56 Å². The zero-order chi connectivity index (χ0) is 20.0. The van der Waals surface area contributed by atoms with E-state index >= 15 is 0 Å². The zero-order valence-electron chi connectivity index (χ0n) is 15.6. The molecule has 9 heteroatoms. The molecule has 3 aromatic heterocycles. The third-order valence-corrected chi connectivity index (χ3v) is 4.69. The maximum atomic E-state index is 14.0. The average Bonchev–Trinajstić information content (AvgIpc) is 3.22. The van der Waals surface area contributed by atoms with Crippen LogP contribution in [0.5, 0.6) is 0 Å². The average molecular weight is 374 g/mol. The predicted octanol–water partition coefficient (Wildman–Crippen LogP) is 1.78. The van der Waals surface area contributed by atoms with Gasteiger partial charge in [-0.1, -0.05) is 0 Å². The van der Waals surface area contributed by atoms with Gasteiger partial charge in [-0.3, -0.25) is 0 Å². The fourth-order valence-electron chi connectivity index (χ4n) is 3.51. The maximum Gasteiger partial charge on any atom is 0.219 e. The smallest absolute Gasteiger partial charge is 0.219 e. The number of pyridine rings is 1. The van der Waals surface area contributed by atoms with E-state index in [-0.39, 0.29) is 12.1 Å². The van der Waals surface area contributed by atoms with Crippen molar-refractivity contribution in [2.24, 2.45) is 7.05 Å². The molecule has 3 heterocycles. The summed E-state index contributed by atoms with van der Waals surface area (Å²) >= 11 is 0. The van der Waals surface area contributed by atoms with Crippen LogP contribution in [0.3, 0.4) is 0 Å². The monoisotopic (exact) mass is 374 g/mol. The lowest BCUT2D eigenvalue weighted by atomic mass is 10.1. The summed E-state index contributed by atoms with van der Waals surface area (Å²) in [5.74, 6) is 0.168. The van der Waals surface area contributed by atoms with Crippen LogP contribution in [0.2, 0.25) is 0 Å². The number of carbonyl (C=O) groups is 1. The number of hydrogen-bond donors (Lipinski definition) is 0. The normalized spacial score (nSPS) is 11.1. The van der Waals surface area contributed by atoms with Gasteiger partial charge in [-0.25, -0.2) is 14.4 Å². The van der Waals surface area contributed by atoms with Crippen molar-refractivity contribution in [1.82, 2.24) is 19.1 Å². The molecule has 0 bridgehead atoms. The van der Waals surface area contributed by atoms with E-state index in [1.54, 1.807) is 17.0 Å². The molecular weight excluding hydrogens is 358 g/mol. The van der Waals surface area contributed by atoms with E-state index in [0.717, 1.165) is 22.7 Å². The van der Waals surface area contributed by atoms with Gasteiger partial charge in [-0.05, 0) is 31.3 Å². The summed E-state index contributed by atoms with van der Waals surface area (Å²) in [6, 6.07) is 7.97. The molecule has 0 spiro atoms. The Morgan fingerprint density at radius 3 is 2.82 bits per heavy atom. The molecular formula is C19H16BFN6O. The molecule has 138 valence electrons. The molecule has 0 aliphatic rings. The summed E-state index contributed by atoms with van der Waals surface area (Å²) in [5, 5.41) is 9.99. The van der Waals surface area contributed by atoms with Crippen molar-refractivity contribution in [2.75, 3.05) is 11.9 Å². The number of rotatable bonds is 4. The Hall–Kier alpha value is -3.67. The van der Waals surface area contributed by atoms with Gasteiger partial charge >= 0.3 is 0 Å². The van der Waals surface area contributed by atoms with E-state index < -0.39 is 5.82 Å². The Morgan fingerprint density at radius 1 is 1.36 bits per heavy atom. The number of aldehydes is 1. The summed E-state index contributed by atoms with van der Waals surface area (Å²) in [6.07, 6.45) is 2.49. The Morgan fingerprint density at radius 2 is 2.14 bits per heavy atom. The minimum absolute atomic E-state index is 0.0560. The zero-order valence-corrected chi connectivity index (χ0v) is 15.6. The van der Waals surface area contributed by atoms with Gasteiger partial charge in [0.05, 0.1) is 35.7 Å². The van der Waals surface area contributed by atoms with Crippen molar-refractivity contribution in [2.45, 2.75) is 6.54 Å². The number of imidazole rings is 1. The largest absolute Gasteiger partial charge is 0.408 e. The number of hydrogen-bond acceptors (Lipinski definition) is 5. The highest BCUT2D eigenvalue weighted by Gasteiger charge is 2.20. The lowest BCUT2D eigenvalue weighted by Crippen LogP contribution is -2.14. The molecule has 0 N–H and O–H groups in total. The first-order chi connectivity index (χ1) is 13.4. The summed E-state index contributed by atoms with van der Waals surface area (Å²) in [5.41, 5.74) is 3.56. The fraction of sp³-hybridized carbons (Fsp3) is 0.158. The molecule has 0 fully saturated rings. The van der Waals surface area contributed by atoms with Gasteiger partial charge in [0.15, 0.2) is 0 Å². The number of aromatic nitrogens is 4. The number of nitriles is 1. The highest BCUT2D eigenvalue weighted by Crippen LogP contribution is 2.35. The molecule has 0 atom stereocenters. The third kappa shape index (κ3) is 2.62. The second-order valence-corrected chi connectivity index (χ2v) is 6.77. The first-order valence-corrected chi connectivity index (χ1v) is 8.61. The van der Waals surface area contributed by atoms with Crippen molar-refractivity contribution >= 4 is 42.2 Å². The summed E-state index contributed by atoms with van der Waals surface area (Å²) < 4.78 is 17.7. The van der Waals surface area contributed by atoms with Gasteiger partial charge in [0.2, 0.25) is 7.98 Å².